The first-order valence-electron chi connectivity index (χ1n) is 7.98. The number of nitrogens with zero attached hydrogens (tertiary/aromatic N) is 4. The van der Waals surface area contributed by atoms with Crippen molar-refractivity contribution in [3.8, 4) is 11.3 Å². The number of carbonyl (C=O) groups is 1. The Morgan fingerprint density at radius 2 is 2.08 bits per heavy atom. The summed E-state index contributed by atoms with van der Waals surface area (Å²) in [6, 6.07) is 6.39. The van der Waals surface area contributed by atoms with E-state index in [9.17, 15) is 14.9 Å². The van der Waals surface area contributed by atoms with E-state index < -0.39 is 4.92 Å². The maximum Gasteiger partial charge on any atom is 0.270 e. The molecule has 0 aliphatic carbocycles. The Morgan fingerprint density at radius 3 is 2.68 bits per heavy atom. The number of hydrogen-bond donors (Lipinski definition) is 0. The van der Waals surface area contributed by atoms with Crippen molar-refractivity contribution >= 4 is 27.9 Å². The molecule has 0 atom stereocenters. The number of nitro groups is 1. The van der Waals surface area contributed by atoms with Crippen LogP contribution in [-0.4, -0.2) is 38.2 Å². The summed E-state index contributed by atoms with van der Waals surface area (Å²) in [6.07, 6.45) is 1.82. The molecule has 2 aromatic heterocycles. The molecule has 1 aromatic carbocycles. The monoisotopic (exact) mass is 358 g/mol. The third-order valence-corrected chi connectivity index (χ3v) is 5.30. The van der Waals surface area contributed by atoms with E-state index >= 15 is 0 Å². The number of aromatic nitrogens is 2. The molecular weight excluding hydrogens is 340 g/mol. The highest BCUT2D eigenvalue weighted by atomic mass is 32.1. The zero-order valence-electron chi connectivity index (χ0n) is 14.2. The van der Waals surface area contributed by atoms with Crippen molar-refractivity contribution in [3.05, 3.63) is 51.1 Å². The molecule has 0 aliphatic heterocycles. The number of rotatable bonds is 5. The van der Waals surface area contributed by atoms with E-state index in [2.05, 4.69) is 4.98 Å². The highest BCUT2D eigenvalue weighted by Crippen LogP contribution is 2.29. The molecule has 0 bridgehead atoms. The SMILES string of the molecule is CCN(CC)C(=O)c1sc2nc(-c3cccc([N+](=O)[O-])c3)cn2c1C. The number of benzene rings is 1. The Labute approximate surface area is 148 Å². The van der Waals surface area contributed by atoms with E-state index in [1.54, 1.807) is 17.0 Å². The quantitative estimate of drug-likeness (QED) is 0.514. The van der Waals surface area contributed by atoms with Crippen molar-refractivity contribution < 1.29 is 9.72 Å². The lowest BCUT2D eigenvalue weighted by molar-refractivity contribution is -0.384. The number of aryl methyl sites for hydroxylation is 1. The summed E-state index contributed by atoms with van der Waals surface area (Å²) in [5.41, 5.74) is 2.20. The van der Waals surface area contributed by atoms with Gasteiger partial charge >= 0.3 is 0 Å². The Hall–Kier alpha value is -2.74. The minimum Gasteiger partial charge on any atom is -0.338 e. The third kappa shape index (κ3) is 3.00. The van der Waals surface area contributed by atoms with Gasteiger partial charge in [-0.2, -0.15) is 0 Å². The van der Waals surface area contributed by atoms with Gasteiger partial charge in [0.1, 0.15) is 4.88 Å². The summed E-state index contributed by atoms with van der Waals surface area (Å²) < 4.78 is 1.87. The topological polar surface area (TPSA) is 80.8 Å². The van der Waals surface area contributed by atoms with E-state index in [-0.39, 0.29) is 11.6 Å². The molecule has 0 saturated heterocycles. The predicted octanol–water partition coefficient (Wildman–Crippen LogP) is 3.76. The van der Waals surface area contributed by atoms with Crippen LogP contribution in [0.5, 0.6) is 0 Å². The normalized spacial score (nSPS) is 11.0. The first-order valence-corrected chi connectivity index (χ1v) is 8.80. The van der Waals surface area contributed by atoms with Gasteiger partial charge in [-0.1, -0.05) is 23.5 Å². The summed E-state index contributed by atoms with van der Waals surface area (Å²) in [5, 5.41) is 10.9. The van der Waals surface area contributed by atoms with Crippen LogP contribution in [0.4, 0.5) is 5.69 Å². The van der Waals surface area contributed by atoms with Gasteiger partial charge in [0.05, 0.1) is 10.6 Å². The van der Waals surface area contributed by atoms with Crippen LogP contribution >= 0.6 is 11.3 Å². The van der Waals surface area contributed by atoms with Gasteiger partial charge in [0.2, 0.25) is 0 Å². The molecule has 2 heterocycles. The lowest BCUT2D eigenvalue weighted by atomic mass is 10.1. The molecule has 3 rings (SSSR count). The van der Waals surface area contributed by atoms with Gasteiger partial charge in [0.15, 0.2) is 4.96 Å². The van der Waals surface area contributed by atoms with Crippen molar-refractivity contribution in [1.29, 1.82) is 0 Å². The average molecular weight is 358 g/mol. The molecule has 8 heteroatoms. The minimum absolute atomic E-state index is 0.00917. The van der Waals surface area contributed by atoms with Gasteiger partial charge in [-0.3, -0.25) is 19.3 Å². The average Bonchev–Trinajstić information content (AvgIpc) is 3.16. The molecule has 0 fully saturated rings. The summed E-state index contributed by atoms with van der Waals surface area (Å²) in [7, 11) is 0. The van der Waals surface area contributed by atoms with Crippen molar-refractivity contribution in [3.63, 3.8) is 0 Å². The molecule has 0 N–H and O–H groups in total. The number of carbonyl (C=O) groups excluding carboxylic acids is 1. The molecule has 0 spiro atoms. The van der Waals surface area contributed by atoms with Gasteiger partial charge in [-0.15, -0.1) is 0 Å². The highest BCUT2D eigenvalue weighted by Gasteiger charge is 2.21. The first kappa shape index (κ1) is 17.1. The second-order valence-electron chi connectivity index (χ2n) is 5.58. The Kier molecular flexibility index (Phi) is 4.54. The van der Waals surface area contributed by atoms with Crippen molar-refractivity contribution in [2.45, 2.75) is 20.8 Å². The molecule has 0 aliphatic rings. The number of thiazole rings is 1. The van der Waals surface area contributed by atoms with Crippen LogP contribution in [0.25, 0.3) is 16.2 Å². The Bertz CT molecular complexity index is 956. The molecule has 7 nitrogen and oxygen atoms in total. The van der Waals surface area contributed by atoms with Gasteiger partial charge in [0.25, 0.3) is 11.6 Å². The second-order valence-corrected chi connectivity index (χ2v) is 6.56. The fourth-order valence-corrected chi connectivity index (χ4v) is 3.80. The second kappa shape index (κ2) is 6.64. The maximum atomic E-state index is 12.6. The lowest BCUT2D eigenvalue weighted by Gasteiger charge is -2.17. The minimum atomic E-state index is -0.423. The number of hydrogen-bond acceptors (Lipinski definition) is 5. The van der Waals surface area contributed by atoms with Crippen molar-refractivity contribution in [2.75, 3.05) is 13.1 Å². The fourth-order valence-electron chi connectivity index (χ4n) is 2.72. The summed E-state index contributed by atoms with van der Waals surface area (Å²) in [6.45, 7) is 7.12. The number of nitro benzene ring substituents is 1. The van der Waals surface area contributed by atoms with E-state index in [0.717, 1.165) is 5.69 Å². The first-order chi connectivity index (χ1) is 12.0. The van der Waals surface area contributed by atoms with Gasteiger partial charge in [-0.25, -0.2) is 4.98 Å². The summed E-state index contributed by atoms with van der Waals surface area (Å²) in [5.74, 6) is 0.00917. The van der Waals surface area contributed by atoms with E-state index in [4.69, 9.17) is 0 Å². The van der Waals surface area contributed by atoms with Gasteiger partial charge < -0.3 is 4.90 Å². The standard InChI is InChI=1S/C17H18N4O3S/c1-4-19(5-2)16(22)15-11(3)20-10-14(18-17(20)25-15)12-7-6-8-13(9-12)21(23)24/h6-10H,4-5H2,1-3H3. The predicted molar refractivity (Wildman–Crippen MR) is 97.1 cm³/mol. The van der Waals surface area contributed by atoms with Crippen LogP contribution in [0, 0.1) is 17.0 Å². The smallest absolute Gasteiger partial charge is 0.270 e. The Balaban J connectivity index is 2.01. The largest absolute Gasteiger partial charge is 0.338 e. The molecule has 25 heavy (non-hydrogen) atoms. The number of amides is 1. The molecule has 0 unspecified atom stereocenters. The number of imidazole rings is 1. The highest BCUT2D eigenvalue weighted by molar-refractivity contribution is 7.19. The van der Waals surface area contributed by atoms with Crippen LogP contribution in [0.1, 0.15) is 29.2 Å². The third-order valence-electron chi connectivity index (χ3n) is 4.15. The van der Waals surface area contributed by atoms with Crippen molar-refractivity contribution in [1.82, 2.24) is 14.3 Å². The summed E-state index contributed by atoms with van der Waals surface area (Å²) >= 11 is 1.34. The van der Waals surface area contributed by atoms with Crippen LogP contribution < -0.4 is 0 Å². The van der Waals surface area contributed by atoms with Gasteiger partial charge in [-0.05, 0) is 20.8 Å². The van der Waals surface area contributed by atoms with Gasteiger partial charge in [0, 0.05) is 42.7 Å². The zero-order chi connectivity index (χ0) is 18.1. The summed E-state index contributed by atoms with van der Waals surface area (Å²) in [4.78, 5) is 30.8. The van der Waals surface area contributed by atoms with Crippen LogP contribution in [0.3, 0.4) is 0 Å². The molecular formula is C17H18N4O3S. The fraction of sp³-hybridized carbons (Fsp3) is 0.294. The molecule has 1 amide bonds. The lowest BCUT2D eigenvalue weighted by Crippen LogP contribution is -2.30. The maximum absolute atomic E-state index is 12.6. The molecule has 0 radical (unpaired) electrons. The molecule has 3 aromatic rings. The Morgan fingerprint density at radius 1 is 1.36 bits per heavy atom. The van der Waals surface area contributed by atoms with E-state index in [0.29, 0.717) is 34.2 Å². The van der Waals surface area contributed by atoms with Crippen LogP contribution in [-0.2, 0) is 0 Å². The zero-order valence-corrected chi connectivity index (χ0v) is 15.0. The van der Waals surface area contributed by atoms with E-state index in [1.165, 1.54) is 23.5 Å². The van der Waals surface area contributed by atoms with E-state index in [1.807, 2.05) is 31.4 Å². The molecule has 0 saturated carbocycles. The van der Waals surface area contributed by atoms with Crippen LogP contribution in [0.2, 0.25) is 0 Å². The van der Waals surface area contributed by atoms with Crippen molar-refractivity contribution in [2.24, 2.45) is 0 Å². The number of fused-ring (bicyclic) bond motifs is 1. The number of non-ortho nitro benzene ring substituents is 1. The molecule has 130 valence electrons. The van der Waals surface area contributed by atoms with Crippen LogP contribution in [0.15, 0.2) is 30.5 Å².